The second-order valence-corrected chi connectivity index (χ2v) is 2.95. The van der Waals surface area contributed by atoms with Crippen molar-refractivity contribution in [2.45, 2.75) is 18.9 Å². The minimum absolute atomic E-state index is 0.266. The van der Waals surface area contributed by atoms with E-state index in [4.69, 9.17) is 0 Å². The van der Waals surface area contributed by atoms with Crippen molar-refractivity contribution < 1.29 is 0 Å². The molecule has 0 aromatic rings. The van der Waals surface area contributed by atoms with Gasteiger partial charge in [-0.15, -0.1) is 0 Å². The molecule has 0 aliphatic carbocycles. The SMILES string of the molecule is CCN1C=NN(CC)C1Br. The van der Waals surface area contributed by atoms with Gasteiger partial charge in [0.05, 0.1) is 0 Å². The molecule has 0 radical (unpaired) electrons. The average Bonchev–Trinajstić information content (AvgIpc) is 2.30. The summed E-state index contributed by atoms with van der Waals surface area (Å²) in [5, 5.41) is 6.43. The van der Waals surface area contributed by atoms with E-state index < -0.39 is 0 Å². The first-order valence-electron chi connectivity index (χ1n) is 3.50. The van der Waals surface area contributed by atoms with Crippen LogP contribution >= 0.6 is 15.9 Å². The van der Waals surface area contributed by atoms with E-state index in [2.05, 4.69) is 39.8 Å². The zero-order valence-corrected chi connectivity index (χ0v) is 7.87. The van der Waals surface area contributed by atoms with Crippen molar-refractivity contribution in [3.8, 4) is 0 Å². The van der Waals surface area contributed by atoms with Gasteiger partial charge in [-0.1, -0.05) is 0 Å². The molecule has 0 N–H and O–H groups in total. The summed E-state index contributed by atoms with van der Waals surface area (Å²) in [4.78, 5) is 2.13. The molecule has 3 nitrogen and oxygen atoms in total. The highest BCUT2D eigenvalue weighted by molar-refractivity contribution is 9.09. The van der Waals surface area contributed by atoms with E-state index in [1.807, 2.05) is 11.3 Å². The summed E-state index contributed by atoms with van der Waals surface area (Å²) in [7, 11) is 0. The number of alkyl halides is 1. The molecular weight excluding hydrogens is 194 g/mol. The number of hydrogen-bond acceptors (Lipinski definition) is 3. The Kier molecular flexibility index (Phi) is 2.54. The molecule has 1 aliphatic heterocycles. The van der Waals surface area contributed by atoms with Gasteiger partial charge in [0.15, 0.2) is 5.08 Å². The predicted molar refractivity (Wildman–Crippen MR) is 46.0 cm³/mol. The summed E-state index contributed by atoms with van der Waals surface area (Å²) in [6, 6.07) is 0. The normalized spacial score (nSPS) is 24.5. The van der Waals surface area contributed by atoms with Crippen molar-refractivity contribution in [2.75, 3.05) is 13.1 Å². The molecule has 1 atom stereocenters. The van der Waals surface area contributed by atoms with Gasteiger partial charge in [0, 0.05) is 13.1 Å². The first-order valence-corrected chi connectivity index (χ1v) is 4.41. The maximum absolute atomic E-state index is 4.17. The number of hydrazone groups is 1. The molecule has 0 amide bonds. The fourth-order valence-corrected chi connectivity index (χ4v) is 1.67. The molecule has 0 saturated carbocycles. The van der Waals surface area contributed by atoms with Gasteiger partial charge in [0.25, 0.3) is 0 Å². The van der Waals surface area contributed by atoms with Crippen LogP contribution in [0.4, 0.5) is 0 Å². The molecule has 10 heavy (non-hydrogen) atoms. The molecule has 0 spiro atoms. The molecule has 4 heteroatoms. The summed E-state index contributed by atoms with van der Waals surface area (Å²) in [5.74, 6) is 0. The molecule has 1 aliphatic rings. The quantitative estimate of drug-likeness (QED) is 0.500. The van der Waals surface area contributed by atoms with Crippen LogP contribution < -0.4 is 0 Å². The number of halogens is 1. The highest BCUT2D eigenvalue weighted by Gasteiger charge is 2.21. The molecule has 1 unspecified atom stereocenters. The summed E-state index contributed by atoms with van der Waals surface area (Å²) < 4.78 is 0. The van der Waals surface area contributed by atoms with Gasteiger partial charge >= 0.3 is 0 Å². The maximum Gasteiger partial charge on any atom is 0.175 e. The minimum Gasteiger partial charge on any atom is -0.331 e. The van der Waals surface area contributed by atoms with E-state index in [1.54, 1.807) is 0 Å². The smallest absolute Gasteiger partial charge is 0.175 e. The third-order valence-corrected chi connectivity index (χ3v) is 2.56. The van der Waals surface area contributed by atoms with Crippen LogP contribution in [-0.4, -0.2) is 34.4 Å². The third kappa shape index (κ3) is 1.26. The zero-order chi connectivity index (χ0) is 7.56. The monoisotopic (exact) mass is 205 g/mol. The van der Waals surface area contributed by atoms with Crippen molar-refractivity contribution >= 4 is 22.3 Å². The molecule has 0 aromatic carbocycles. The van der Waals surface area contributed by atoms with Crippen LogP contribution in [0.15, 0.2) is 5.10 Å². The maximum atomic E-state index is 4.17. The Balaban J connectivity index is 2.49. The highest BCUT2D eigenvalue weighted by Crippen LogP contribution is 2.16. The summed E-state index contributed by atoms with van der Waals surface area (Å²) >= 11 is 3.52. The number of rotatable bonds is 2. The van der Waals surface area contributed by atoms with E-state index in [0.717, 1.165) is 13.1 Å². The van der Waals surface area contributed by atoms with Crippen LogP contribution in [0, 0.1) is 0 Å². The Labute approximate surface area is 69.8 Å². The predicted octanol–water partition coefficient (Wildman–Crippen LogP) is 1.27. The molecule has 58 valence electrons. The first-order chi connectivity index (χ1) is 4.79. The van der Waals surface area contributed by atoms with Gasteiger partial charge < -0.3 is 4.90 Å². The topological polar surface area (TPSA) is 18.8 Å². The van der Waals surface area contributed by atoms with Crippen LogP contribution in [0.1, 0.15) is 13.8 Å². The molecule has 1 rings (SSSR count). The second kappa shape index (κ2) is 3.23. The van der Waals surface area contributed by atoms with E-state index in [0.29, 0.717) is 0 Å². The Morgan fingerprint density at radius 2 is 2.20 bits per heavy atom. The van der Waals surface area contributed by atoms with Gasteiger partial charge in [-0.05, 0) is 29.8 Å². The van der Waals surface area contributed by atoms with Crippen LogP contribution in [0.3, 0.4) is 0 Å². The Morgan fingerprint density at radius 3 is 2.50 bits per heavy atom. The van der Waals surface area contributed by atoms with E-state index in [1.165, 1.54) is 0 Å². The third-order valence-electron chi connectivity index (χ3n) is 1.56. The van der Waals surface area contributed by atoms with Gasteiger partial charge in [0.1, 0.15) is 6.34 Å². The fourth-order valence-electron chi connectivity index (χ4n) is 0.878. The summed E-state index contributed by atoms with van der Waals surface area (Å²) in [6.07, 6.45) is 1.86. The lowest BCUT2D eigenvalue weighted by Gasteiger charge is -2.23. The van der Waals surface area contributed by atoms with Gasteiger partial charge in [-0.2, -0.15) is 5.10 Å². The molecular formula is C6H12BrN3. The zero-order valence-electron chi connectivity index (χ0n) is 6.29. The Bertz CT molecular complexity index is 123. The average molecular weight is 206 g/mol. The molecule has 0 saturated heterocycles. The van der Waals surface area contributed by atoms with Crippen LogP contribution in [-0.2, 0) is 0 Å². The first kappa shape index (κ1) is 7.85. The largest absolute Gasteiger partial charge is 0.331 e. The van der Waals surface area contributed by atoms with Crippen LogP contribution in [0.25, 0.3) is 0 Å². The summed E-state index contributed by atoms with van der Waals surface area (Å²) in [6.45, 7) is 6.14. The lowest BCUT2D eigenvalue weighted by atomic mass is 10.6. The van der Waals surface area contributed by atoms with Gasteiger partial charge in [0.2, 0.25) is 0 Å². The van der Waals surface area contributed by atoms with Crippen molar-refractivity contribution in [3.63, 3.8) is 0 Å². The van der Waals surface area contributed by atoms with Gasteiger partial charge in [-0.3, -0.25) is 5.01 Å². The standard InChI is InChI=1S/C6H12BrN3/c1-3-9-5-8-10(4-2)6(9)7/h5-6H,3-4H2,1-2H3. The molecule has 0 aromatic heterocycles. The van der Waals surface area contributed by atoms with Crippen molar-refractivity contribution in [1.29, 1.82) is 0 Å². The molecule has 1 heterocycles. The lowest BCUT2D eigenvalue weighted by Crippen LogP contribution is -2.34. The second-order valence-electron chi connectivity index (χ2n) is 2.13. The van der Waals surface area contributed by atoms with Crippen LogP contribution in [0.2, 0.25) is 0 Å². The van der Waals surface area contributed by atoms with E-state index in [9.17, 15) is 0 Å². The van der Waals surface area contributed by atoms with Crippen molar-refractivity contribution in [1.82, 2.24) is 9.91 Å². The highest BCUT2D eigenvalue weighted by atomic mass is 79.9. The van der Waals surface area contributed by atoms with E-state index in [-0.39, 0.29) is 5.08 Å². The molecule has 0 bridgehead atoms. The van der Waals surface area contributed by atoms with Crippen molar-refractivity contribution in [2.24, 2.45) is 5.10 Å². The Hall–Kier alpha value is -0.250. The molecule has 0 fully saturated rings. The Morgan fingerprint density at radius 1 is 1.50 bits per heavy atom. The lowest BCUT2D eigenvalue weighted by molar-refractivity contribution is 0.225. The summed E-state index contributed by atoms with van der Waals surface area (Å²) in [5.41, 5.74) is 0. The number of hydrogen-bond donors (Lipinski definition) is 0. The van der Waals surface area contributed by atoms with Crippen LogP contribution in [0.5, 0.6) is 0 Å². The van der Waals surface area contributed by atoms with E-state index >= 15 is 0 Å². The van der Waals surface area contributed by atoms with Crippen molar-refractivity contribution in [3.05, 3.63) is 0 Å². The fraction of sp³-hybridized carbons (Fsp3) is 0.833. The van der Waals surface area contributed by atoms with Gasteiger partial charge in [-0.25, -0.2) is 0 Å². The minimum atomic E-state index is 0.266. The number of nitrogens with zero attached hydrogens (tertiary/aromatic N) is 3.